The molecule has 0 unspecified atom stereocenters. The van der Waals surface area contributed by atoms with Crippen molar-refractivity contribution in [1.29, 1.82) is 0 Å². The summed E-state index contributed by atoms with van der Waals surface area (Å²) in [5.41, 5.74) is 5.35. The number of aromatic nitrogens is 1. The van der Waals surface area contributed by atoms with Crippen LogP contribution in [0.1, 0.15) is 21.6 Å². The van der Waals surface area contributed by atoms with Gasteiger partial charge in [0, 0.05) is 12.4 Å². The lowest BCUT2D eigenvalue weighted by Crippen LogP contribution is -2.28. The van der Waals surface area contributed by atoms with Gasteiger partial charge in [0.05, 0.1) is 11.1 Å². The van der Waals surface area contributed by atoms with Crippen LogP contribution in [0, 0.1) is 0 Å². The minimum atomic E-state index is -4.59. The van der Waals surface area contributed by atoms with Crippen LogP contribution in [0.25, 0.3) is 10.9 Å². The SMILES string of the molecule is CNC(N)=NC(=O)c1cc2c(C(F)(F)F)ccc(OCc3ccccc3)c2[nH]1.Cl. The molecular formula is C19H18ClF3N4O2. The predicted octanol–water partition coefficient (Wildman–Crippen LogP) is 3.86. The van der Waals surface area contributed by atoms with Gasteiger partial charge in [-0.3, -0.25) is 4.79 Å². The second-order valence-electron chi connectivity index (χ2n) is 5.91. The van der Waals surface area contributed by atoms with Crippen molar-refractivity contribution in [2.45, 2.75) is 12.8 Å². The standard InChI is InChI=1S/C19H17F3N4O2.ClH/c1-24-18(23)26-17(27)14-9-12-13(19(20,21)22)7-8-15(16(12)25-14)28-10-11-5-3-2-4-6-11;/h2-9,25H,10H2,1H3,(H3,23,24,26,27);1H. The molecule has 0 radical (unpaired) electrons. The maximum atomic E-state index is 13.4. The van der Waals surface area contributed by atoms with Gasteiger partial charge in [0.1, 0.15) is 18.1 Å². The normalized spacial score (nSPS) is 11.8. The van der Waals surface area contributed by atoms with Crippen molar-refractivity contribution >= 4 is 35.2 Å². The number of carbonyl (C=O) groups is 1. The Hall–Kier alpha value is -3.20. The van der Waals surface area contributed by atoms with Crippen molar-refractivity contribution in [3.63, 3.8) is 0 Å². The summed E-state index contributed by atoms with van der Waals surface area (Å²) in [6, 6.07) is 12.4. The van der Waals surface area contributed by atoms with Crippen LogP contribution >= 0.6 is 12.4 Å². The molecule has 6 nitrogen and oxygen atoms in total. The fourth-order valence-electron chi connectivity index (χ4n) is 2.64. The van der Waals surface area contributed by atoms with Crippen LogP contribution in [0.15, 0.2) is 53.5 Å². The van der Waals surface area contributed by atoms with Crippen molar-refractivity contribution in [1.82, 2.24) is 10.3 Å². The fraction of sp³-hybridized carbons (Fsp3) is 0.158. The van der Waals surface area contributed by atoms with Gasteiger partial charge in [-0.25, -0.2) is 0 Å². The summed E-state index contributed by atoms with van der Waals surface area (Å²) in [4.78, 5) is 18.4. The molecule has 0 saturated heterocycles. The number of aromatic amines is 1. The zero-order chi connectivity index (χ0) is 20.3. The molecule has 10 heteroatoms. The van der Waals surface area contributed by atoms with E-state index in [2.05, 4.69) is 15.3 Å². The maximum absolute atomic E-state index is 13.4. The van der Waals surface area contributed by atoms with Gasteiger partial charge in [-0.2, -0.15) is 18.2 Å². The van der Waals surface area contributed by atoms with E-state index in [0.29, 0.717) is 0 Å². The van der Waals surface area contributed by atoms with Gasteiger partial charge in [0.2, 0.25) is 0 Å². The molecule has 4 N–H and O–H groups in total. The van der Waals surface area contributed by atoms with Gasteiger partial charge >= 0.3 is 6.18 Å². The summed E-state index contributed by atoms with van der Waals surface area (Å²) in [6.07, 6.45) is -4.59. The number of H-pyrrole nitrogens is 1. The third-order valence-corrected chi connectivity index (χ3v) is 4.01. The van der Waals surface area contributed by atoms with Crippen molar-refractivity contribution in [2.24, 2.45) is 10.7 Å². The summed E-state index contributed by atoms with van der Waals surface area (Å²) in [7, 11) is 1.47. The molecule has 0 bridgehead atoms. The van der Waals surface area contributed by atoms with E-state index >= 15 is 0 Å². The molecule has 3 rings (SSSR count). The number of hydrogen-bond donors (Lipinski definition) is 3. The lowest BCUT2D eigenvalue weighted by molar-refractivity contribution is -0.136. The highest BCUT2D eigenvalue weighted by Crippen LogP contribution is 2.38. The van der Waals surface area contributed by atoms with E-state index in [1.807, 2.05) is 30.3 Å². The van der Waals surface area contributed by atoms with Crippen molar-refractivity contribution in [3.8, 4) is 5.75 Å². The van der Waals surface area contributed by atoms with E-state index < -0.39 is 17.6 Å². The fourth-order valence-corrected chi connectivity index (χ4v) is 2.64. The minimum Gasteiger partial charge on any atom is -0.487 e. The second kappa shape index (κ2) is 8.87. The molecule has 0 aliphatic rings. The highest BCUT2D eigenvalue weighted by Gasteiger charge is 2.34. The molecule has 1 amide bonds. The summed E-state index contributed by atoms with van der Waals surface area (Å²) in [6.45, 7) is 0.161. The van der Waals surface area contributed by atoms with Crippen molar-refractivity contribution < 1.29 is 22.7 Å². The number of amides is 1. The molecule has 0 aliphatic carbocycles. The third-order valence-electron chi connectivity index (χ3n) is 4.01. The van der Waals surface area contributed by atoms with Crippen LogP contribution in [0.3, 0.4) is 0 Å². The lowest BCUT2D eigenvalue weighted by Gasteiger charge is -2.12. The second-order valence-corrected chi connectivity index (χ2v) is 5.91. The van der Waals surface area contributed by atoms with E-state index in [9.17, 15) is 18.0 Å². The molecule has 0 aliphatic heterocycles. The monoisotopic (exact) mass is 426 g/mol. The molecule has 0 atom stereocenters. The first-order chi connectivity index (χ1) is 13.3. The van der Waals surface area contributed by atoms with Crippen LogP contribution in [-0.4, -0.2) is 23.9 Å². The lowest BCUT2D eigenvalue weighted by atomic mass is 10.1. The Morgan fingerprint density at radius 2 is 1.90 bits per heavy atom. The summed E-state index contributed by atoms with van der Waals surface area (Å²) < 4.78 is 45.8. The smallest absolute Gasteiger partial charge is 0.417 e. The number of halogens is 4. The molecule has 0 saturated carbocycles. The Bertz CT molecular complexity index is 1030. The zero-order valence-corrected chi connectivity index (χ0v) is 16.0. The highest BCUT2D eigenvalue weighted by atomic mass is 35.5. The number of nitrogens with two attached hydrogens (primary N) is 1. The quantitative estimate of drug-likeness (QED) is 0.436. The van der Waals surface area contributed by atoms with Gasteiger partial charge in [0.25, 0.3) is 5.91 Å². The number of carbonyl (C=O) groups excluding carboxylic acids is 1. The molecule has 0 spiro atoms. The zero-order valence-electron chi connectivity index (χ0n) is 15.2. The highest BCUT2D eigenvalue weighted by molar-refractivity contribution is 6.05. The number of aliphatic imine (C=N–C) groups is 1. The number of ether oxygens (including phenoxy) is 1. The molecule has 29 heavy (non-hydrogen) atoms. The number of alkyl halides is 3. The molecule has 1 heterocycles. The van der Waals surface area contributed by atoms with Crippen molar-refractivity contribution in [2.75, 3.05) is 7.05 Å². The first-order valence-corrected chi connectivity index (χ1v) is 8.25. The first kappa shape index (κ1) is 22.1. The molecule has 1 aromatic heterocycles. The molecule has 2 aromatic carbocycles. The van der Waals surface area contributed by atoms with E-state index in [1.54, 1.807) is 0 Å². The van der Waals surface area contributed by atoms with E-state index in [0.717, 1.165) is 17.7 Å². The number of guanidine groups is 1. The topological polar surface area (TPSA) is 92.5 Å². The Labute approximate surface area is 170 Å². The average molecular weight is 427 g/mol. The summed E-state index contributed by atoms with van der Waals surface area (Å²) >= 11 is 0. The molecular weight excluding hydrogens is 409 g/mol. The molecule has 0 fully saturated rings. The van der Waals surface area contributed by atoms with Crippen molar-refractivity contribution in [3.05, 3.63) is 65.4 Å². The van der Waals surface area contributed by atoms with Crippen LogP contribution in [0.4, 0.5) is 13.2 Å². The summed E-state index contributed by atoms with van der Waals surface area (Å²) in [5.74, 6) is -0.762. The van der Waals surface area contributed by atoms with E-state index in [1.165, 1.54) is 13.1 Å². The van der Waals surface area contributed by atoms with Crippen LogP contribution in [0.2, 0.25) is 0 Å². The Morgan fingerprint density at radius 3 is 2.52 bits per heavy atom. The minimum absolute atomic E-state index is 0. The van der Waals surface area contributed by atoms with Gasteiger partial charge in [-0.05, 0) is 23.8 Å². The number of hydrogen-bond acceptors (Lipinski definition) is 2. The molecule has 3 aromatic rings. The van der Waals surface area contributed by atoms with Crippen LogP contribution in [-0.2, 0) is 12.8 Å². The first-order valence-electron chi connectivity index (χ1n) is 8.25. The maximum Gasteiger partial charge on any atom is 0.417 e. The number of nitrogens with one attached hydrogen (secondary N) is 2. The van der Waals surface area contributed by atoms with Crippen LogP contribution < -0.4 is 15.8 Å². The van der Waals surface area contributed by atoms with Gasteiger partial charge in [-0.15, -0.1) is 12.4 Å². The average Bonchev–Trinajstić information content (AvgIpc) is 3.11. The Morgan fingerprint density at radius 1 is 1.21 bits per heavy atom. The van der Waals surface area contributed by atoms with E-state index in [-0.39, 0.29) is 47.3 Å². The number of nitrogens with zero attached hydrogens (tertiary/aromatic N) is 1. The third kappa shape index (κ3) is 5.00. The summed E-state index contributed by atoms with van der Waals surface area (Å²) in [5, 5.41) is 2.29. The Kier molecular flexibility index (Phi) is 6.76. The Balaban J connectivity index is 0.00000300. The van der Waals surface area contributed by atoms with Gasteiger partial charge < -0.3 is 20.8 Å². The number of rotatable bonds is 4. The number of benzene rings is 2. The van der Waals surface area contributed by atoms with E-state index in [4.69, 9.17) is 10.5 Å². The largest absolute Gasteiger partial charge is 0.487 e. The van der Waals surface area contributed by atoms with Gasteiger partial charge in [0.15, 0.2) is 5.96 Å². The number of fused-ring (bicyclic) bond motifs is 1. The molecule has 154 valence electrons. The van der Waals surface area contributed by atoms with Crippen LogP contribution in [0.5, 0.6) is 5.75 Å². The predicted molar refractivity (Wildman–Crippen MR) is 106 cm³/mol. The van der Waals surface area contributed by atoms with Gasteiger partial charge in [-0.1, -0.05) is 30.3 Å².